The van der Waals surface area contributed by atoms with E-state index in [1.54, 1.807) is 0 Å². The molecule has 0 radical (unpaired) electrons. The number of hydrogen-bond acceptors (Lipinski definition) is 1. The number of nitrogens with one attached hydrogen (secondary N) is 1. The van der Waals surface area contributed by atoms with Gasteiger partial charge in [0.2, 0.25) is 5.91 Å². The van der Waals surface area contributed by atoms with Gasteiger partial charge in [-0.15, -0.1) is 0 Å². The zero-order valence-corrected chi connectivity index (χ0v) is 9.63. The van der Waals surface area contributed by atoms with E-state index in [1.807, 2.05) is 6.08 Å². The molecule has 0 saturated carbocycles. The molecule has 0 aliphatic carbocycles. The molecule has 0 aromatic heterocycles. The highest BCUT2D eigenvalue weighted by molar-refractivity contribution is 5.72. The van der Waals surface area contributed by atoms with Crippen LogP contribution in [0.15, 0.2) is 23.8 Å². The van der Waals surface area contributed by atoms with Crippen LogP contribution < -0.4 is 5.32 Å². The van der Waals surface area contributed by atoms with E-state index >= 15 is 0 Å². The van der Waals surface area contributed by atoms with E-state index in [0.29, 0.717) is 12.5 Å². The molecule has 0 aromatic rings. The fraction of sp³-hybridized carbons (Fsp3) is 0.583. The van der Waals surface area contributed by atoms with Crippen molar-refractivity contribution in [2.75, 3.05) is 6.54 Å². The molecule has 2 nitrogen and oxygen atoms in total. The van der Waals surface area contributed by atoms with E-state index < -0.39 is 0 Å². The Hall–Kier alpha value is -1.05. The van der Waals surface area contributed by atoms with E-state index in [1.165, 1.54) is 12.5 Å². The molecule has 0 aliphatic heterocycles. The van der Waals surface area contributed by atoms with Crippen LogP contribution in [-0.2, 0) is 4.79 Å². The molecule has 0 heterocycles. The normalized spacial score (nSPS) is 12.5. The first-order valence-electron chi connectivity index (χ1n) is 5.18. The second kappa shape index (κ2) is 7.36. The second-order valence-electron chi connectivity index (χ2n) is 3.68. The van der Waals surface area contributed by atoms with Gasteiger partial charge < -0.3 is 5.32 Å². The average molecular weight is 195 g/mol. The quantitative estimate of drug-likeness (QED) is 0.671. The molecule has 1 amide bonds. The summed E-state index contributed by atoms with van der Waals surface area (Å²) in [7, 11) is 0. The highest BCUT2D eigenvalue weighted by Gasteiger charge is 1.91. The summed E-state index contributed by atoms with van der Waals surface area (Å²) in [5, 5.41) is 2.73. The molecule has 0 unspecified atom stereocenters. The van der Waals surface area contributed by atoms with Crippen molar-refractivity contribution in [2.24, 2.45) is 5.92 Å². The minimum Gasteiger partial charge on any atom is -0.353 e. The maximum atomic E-state index is 10.6. The van der Waals surface area contributed by atoms with Crippen molar-refractivity contribution in [3.63, 3.8) is 0 Å². The summed E-state index contributed by atoms with van der Waals surface area (Å²) in [5.74, 6) is 0.593. The molecule has 0 spiro atoms. The largest absolute Gasteiger partial charge is 0.353 e. The number of amides is 1. The Balaban J connectivity index is 3.99. The van der Waals surface area contributed by atoms with Gasteiger partial charge >= 0.3 is 0 Å². The summed E-state index contributed by atoms with van der Waals surface area (Å²) in [6, 6.07) is 0. The van der Waals surface area contributed by atoms with Crippen LogP contribution in [0.4, 0.5) is 0 Å². The van der Waals surface area contributed by atoms with Gasteiger partial charge in [-0.1, -0.05) is 44.6 Å². The zero-order chi connectivity index (χ0) is 11.0. The summed E-state index contributed by atoms with van der Waals surface area (Å²) in [5.41, 5.74) is 1.32. The summed E-state index contributed by atoms with van der Waals surface area (Å²) in [4.78, 5) is 10.6. The molecular weight excluding hydrogens is 174 g/mol. The van der Waals surface area contributed by atoms with Gasteiger partial charge in [0.15, 0.2) is 0 Å². The van der Waals surface area contributed by atoms with Crippen LogP contribution in [0.3, 0.4) is 0 Å². The van der Waals surface area contributed by atoms with E-state index in [0.717, 1.165) is 6.42 Å². The van der Waals surface area contributed by atoms with Crippen LogP contribution in [0.5, 0.6) is 0 Å². The summed E-state index contributed by atoms with van der Waals surface area (Å²) < 4.78 is 0. The molecule has 2 heteroatoms. The minimum atomic E-state index is 0.0144. The van der Waals surface area contributed by atoms with Crippen LogP contribution in [-0.4, -0.2) is 12.5 Å². The first-order valence-corrected chi connectivity index (χ1v) is 5.18. The lowest BCUT2D eigenvalue weighted by molar-refractivity contribution is -0.118. The van der Waals surface area contributed by atoms with Gasteiger partial charge in [-0.05, 0) is 12.3 Å². The van der Waals surface area contributed by atoms with Gasteiger partial charge in [-0.2, -0.15) is 0 Å². The van der Waals surface area contributed by atoms with Gasteiger partial charge in [0.05, 0.1) is 0 Å². The molecule has 0 bridgehead atoms. The van der Waals surface area contributed by atoms with Gasteiger partial charge in [0.25, 0.3) is 0 Å². The third kappa shape index (κ3) is 7.59. The van der Waals surface area contributed by atoms with Crippen LogP contribution in [0.25, 0.3) is 0 Å². The van der Waals surface area contributed by atoms with Crippen molar-refractivity contribution in [2.45, 2.75) is 34.1 Å². The van der Waals surface area contributed by atoms with Crippen LogP contribution in [0, 0.1) is 5.92 Å². The molecule has 0 saturated heterocycles. The van der Waals surface area contributed by atoms with Crippen molar-refractivity contribution in [1.29, 1.82) is 0 Å². The molecule has 1 N–H and O–H groups in total. The van der Waals surface area contributed by atoms with E-state index in [2.05, 4.69) is 38.2 Å². The zero-order valence-electron chi connectivity index (χ0n) is 9.63. The van der Waals surface area contributed by atoms with Crippen molar-refractivity contribution in [3.8, 4) is 0 Å². The van der Waals surface area contributed by atoms with Crippen LogP contribution in [0.2, 0.25) is 0 Å². The van der Waals surface area contributed by atoms with Gasteiger partial charge in [0, 0.05) is 13.5 Å². The number of rotatable bonds is 5. The summed E-state index contributed by atoms with van der Waals surface area (Å²) >= 11 is 0. The molecule has 0 rings (SSSR count). The summed E-state index contributed by atoms with van der Waals surface area (Å²) in [6.45, 7) is 8.61. The SMILES string of the molecule is CCC(/C=C/CNC(C)=O)=C\C(C)C. The van der Waals surface area contributed by atoms with Crippen molar-refractivity contribution < 1.29 is 4.79 Å². The Labute approximate surface area is 87.1 Å². The predicted octanol–water partition coefficient (Wildman–Crippen LogP) is 2.67. The first kappa shape index (κ1) is 12.9. The van der Waals surface area contributed by atoms with Crippen molar-refractivity contribution in [1.82, 2.24) is 5.32 Å². The highest BCUT2D eigenvalue weighted by atomic mass is 16.1. The lowest BCUT2D eigenvalue weighted by Crippen LogP contribution is -2.19. The topological polar surface area (TPSA) is 29.1 Å². The fourth-order valence-electron chi connectivity index (χ4n) is 1.13. The Morgan fingerprint density at radius 3 is 2.50 bits per heavy atom. The number of hydrogen-bond donors (Lipinski definition) is 1. The lowest BCUT2D eigenvalue weighted by atomic mass is 10.1. The predicted molar refractivity (Wildman–Crippen MR) is 61.0 cm³/mol. The van der Waals surface area contributed by atoms with Crippen molar-refractivity contribution in [3.05, 3.63) is 23.8 Å². The van der Waals surface area contributed by atoms with Crippen LogP contribution in [0.1, 0.15) is 34.1 Å². The smallest absolute Gasteiger partial charge is 0.217 e. The van der Waals surface area contributed by atoms with Crippen molar-refractivity contribution >= 4 is 5.91 Å². The monoisotopic (exact) mass is 195 g/mol. The maximum absolute atomic E-state index is 10.6. The molecule has 0 fully saturated rings. The van der Waals surface area contributed by atoms with Crippen LogP contribution >= 0.6 is 0 Å². The molecule has 0 aliphatic rings. The molecule has 0 atom stereocenters. The number of carbonyl (C=O) groups excluding carboxylic acids is 1. The highest BCUT2D eigenvalue weighted by Crippen LogP contribution is 2.07. The average Bonchev–Trinajstić information content (AvgIpc) is 2.09. The third-order valence-corrected chi connectivity index (χ3v) is 1.76. The standard InChI is InChI=1S/C12H21NO/c1-5-12(9-10(2)3)7-6-8-13-11(4)14/h6-7,9-10H,5,8H2,1-4H3,(H,13,14)/b7-6+,12-9+. The molecule has 14 heavy (non-hydrogen) atoms. The second-order valence-corrected chi connectivity index (χ2v) is 3.68. The Kier molecular flexibility index (Phi) is 6.81. The third-order valence-electron chi connectivity index (χ3n) is 1.76. The van der Waals surface area contributed by atoms with E-state index in [-0.39, 0.29) is 5.91 Å². The van der Waals surface area contributed by atoms with E-state index in [9.17, 15) is 4.79 Å². The van der Waals surface area contributed by atoms with E-state index in [4.69, 9.17) is 0 Å². The molecule has 80 valence electrons. The fourth-order valence-corrected chi connectivity index (χ4v) is 1.13. The van der Waals surface area contributed by atoms with Gasteiger partial charge in [-0.25, -0.2) is 0 Å². The lowest BCUT2D eigenvalue weighted by Gasteiger charge is -2.01. The molecular formula is C12H21NO. The van der Waals surface area contributed by atoms with Gasteiger partial charge in [-0.3, -0.25) is 4.79 Å². The Morgan fingerprint density at radius 1 is 1.43 bits per heavy atom. The minimum absolute atomic E-state index is 0.0144. The number of allylic oxidation sites excluding steroid dienone is 3. The summed E-state index contributed by atoms with van der Waals surface area (Å²) in [6.07, 6.45) is 7.34. The first-order chi connectivity index (χ1) is 6.56. The maximum Gasteiger partial charge on any atom is 0.217 e. The van der Waals surface area contributed by atoms with Gasteiger partial charge in [0.1, 0.15) is 0 Å². The Bertz CT molecular complexity index is 226. The number of carbonyl (C=O) groups is 1. The Morgan fingerprint density at radius 2 is 2.07 bits per heavy atom. The molecule has 0 aromatic carbocycles.